The normalized spacial score (nSPS) is 12.5. The lowest BCUT2D eigenvalue weighted by Crippen LogP contribution is -2.19. The number of carbonyl (C=O) groups is 1. The lowest BCUT2D eigenvalue weighted by atomic mass is 10.1. The molecule has 0 bridgehead atoms. The molecule has 0 aliphatic rings. The van der Waals surface area contributed by atoms with Gasteiger partial charge in [0.2, 0.25) is 5.91 Å². The molecule has 0 aliphatic heterocycles. The number of aliphatic hydroxyl groups excluding tert-OH is 1. The Morgan fingerprint density at radius 3 is 2.57 bits per heavy atom. The van der Waals surface area contributed by atoms with Crippen LogP contribution in [0.2, 0.25) is 0 Å². The summed E-state index contributed by atoms with van der Waals surface area (Å²) in [5.74, 6) is 0.0117. The first-order valence-electron chi connectivity index (χ1n) is 5.59. The van der Waals surface area contributed by atoms with Crippen LogP contribution in [-0.2, 0) is 4.79 Å². The average Bonchev–Trinajstić information content (AvgIpc) is 2.21. The number of nitrogens with one attached hydrogen (secondary N) is 1. The molecule has 3 heteroatoms. The van der Waals surface area contributed by atoms with Crippen molar-refractivity contribution in [2.24, 2.45) is 0 Å². The maximum Gasteiger partial charge on any atom is 0.219 e. The van der Waals surface area contributed by atoms with Gasteiger partial charge in [-0.25, -0.2) is 0 Å². The Morgan fingerprint density at radius 2 is 2.00 bits per heavy atom. The Balaban J connectivity index is 3.27. The highest BCUT2D eigenvalue weighted by molar-refractivity contribution is 5.75. The molecular formula is C11H23NO2. The van der Waals surface area contributed by atoms with Gasteiger partial charge in [0.05, 0.1) is 6.10 Å². The summed E-state index contributed by atoms with van der Waals surface area (Å²) >= 11 is 0. The number of hydrogen-bond acceptors (Lipinski definition) is 2. The van der Waals surface area contributed by atoms with Crippen LogP contribution < -0.4 is 5.32 Å². The fourth-order valence-corrected chi connectivity index (χ4v) is 1.37. The molecule has 0 rings (SSSR count). The zero-order valence-electron chi connectivity index (χ0n) is 9.38. The third kappa shape index (κ3) is 8.05. The Morgan fingerprint density at radius 1 is 1.29 bits per heavy atom. The molecular weight excluding hydrogens is 178 g/mol. The number of carbonyl (C=O) groups excluding carboxylic acids is 1. The van der Waals surface area contributed by atoms with Gasteiger partial charge in [0.15, 0.2) is 0 Å². The Bertz CT molecular complexity index is 148. The topological polar surface area (TPSA) is 49.3 Å². The van der Waals surface area contributed by atoms with Crippen LogP contribution in [0.15, 0.2) is 0 Å². The second kappa shape index (κ2) is 9.00. The fraction of sp³-hybridized carbons (Fsp3) is 0.909. The molecule has 3 nitrogen and oxygen atoms in total. The first kappa shape index (κ1) is 13.4. The van der Waals surface area contributed by atoms with Crippen molar-refractivity contribution >= 4 is 5.91 Å². The second-order valence-electron chi connectivity index (χ2n) is 3.72. The average molecular weight is 201 g/mol. The Kier molecular flexibility index (Phi) is 8.64. The van der Waals surface area contributed by atoms with Crippen molar-refractivity contribution < 1.29 is 9.90 Å². The van der Waals surface area contributed by atoms with E-state index in [0.29, 0.717) is 12.8 Å². The van der Waals surface area contributed by atoms with Crippen LogP contribution in [0.25, 0.3) is 0 Å². The molecule has 0 aromatic rings. The van der Waals surface area contributed by atoms with Crippen molar-refractivity contribution in [3.8, 4) is 0 Å². The number of rotatable bonds is 8. The van der Waals surface area contributed by atoms with Crippen molar-refractivity contribution in [2.45, 2.75) is 58.0 Å². The molecule has 84 valence electrons. The van der Waals surface area contributed by atoms with Crippen LogP contribution in [0.4, 0.5) is 0 Å². The summed E-state index contributed by atoms with van der Waals surface area (Å²) in [6, 6.07) is 0. The molecule has 1 amide bonds. The summed E-state index contributed by atoms with van der Waals surface area (Å²) in [6.07, 6.45) is 6.27. The Hall–Kier alpha value is -0.570. The Labute approximate surface area is 86.9 Å². The zero-order chi connectivity index (χ0) is 10.8. The predicted octanol–water partition coefficient (Wildman–Crippen LogP) is 1.84. The molecule has 0 aromatic carbocycles. The lowest BCUT2D eigenvalue weighted by Gasteiger charge is -2.09. The molecule has 14 heavy (non-hydrogen) atoms. The maximum atomic E-state index is 10.9. The van der Waals surface area contributed by atoms with Crippen LogP contribution in [0.5, 0.6) is 0 Å². The quantitative estimate of drug-likeness (QED) is 0.589. The molecule has 1 atom stereocenters. The summed E-state index contributed by atoms with van der Waals surface area (Å²) in [5, 5.41) is 12.1. The molecule has 0 aliphatic carbocycles. The minimum atomic E-state index is -0.302. The van der Waals surface area contributed by atoms with Gasteiger partial charge in [-0.05, 0) is 12.8 Å². The summed E-state index contributed by atoms with van der Waals surface area (Å²) in [5.41, 5.74) is 0. The van der Waals surface area contributed by atoms with E-state index in [2.05, 4.69) is 12.2 Å². The van der Waals surface area contributed by atoms with Crippen LogP contribution in [0.3, 0.4) is 0 Å². The van der Waals surface area contributed by atoms with Gasteiger partial charge < -0.3 is 10.4 Å². The summed E-state index contributed by atoms with van der Waals surface area (Å²) < 4.78 is 0. The zero-order valence-corrected chi connectivity index (χ0v) is 9.38. The van der Waals surface area contributed by atoms with Crippen molar-refractivity contribution in [3.05, 3.63) is 0 Å². The van der Waals surface area contributed by atoms with Gasteiger partial charge in [0.25, 0.3) is 0 Å². The molecule has 2 N–H and O–H groups in total. The highest BCUT2D eigenvalue weighted by atomic mass is 16.3. The van der Waals surface area contributed by atoms with E-state index < -0.39 is 0 Å². The molecule has 0 saturated heterocycles. The van der Waals surface area contributed by atoms with Crippen LogP contribution >= 0.6 is 0 Å². The monoisotopic (exact) mass is 201 g/mol. The first-order chi connectivity index (χ1) is 6.70. The predicted molar refractivity (Wildman–Crippen MR) is 58.1 cm³/mol. The molecule has 0 unspecified atom stereocenters. The molecule has 0 radical (unpaired) electrons. The maximum absolute atomic E-state index is 10.9. The molecule has 0 spiro atoms. The summed E-state index contributed by atoms with van der Waals surface area (Å²) in [4.78, 5) is 10.9. The van der Waals surface area contributed by atoms with Crippen LogP contribution in [0.1, 0.15) is 51.9 Å². The second-order valence-corrected chi connectivity index (χ2v) is 3.72. The van der Waals surface area contributed by atoms with Gasteiger partial charge in [-0.2, -0.15) is 0 Å². The van der Waals surface area contributed by atoms with Gasteiger partial charge >= 0.3 is 0 Å². The number of hydrogen-bond donors (Lipinski definition) is 2. The summed E-state index contributed by atoms with van der Waals surface area (Å²) in [6.45, 7) is 2.17. The highest BCUT2D eigenvalue weighted by Crippen LogP contribution is 2.09. The van der Waals surface area contributed by atoms with Crippen molar-refractivity contribution in [1.82, 2.24) is 5.32 Å². The van der Waals surface area contributed by atoms with Crippen molar-refractivity contribution in [2.75, 3.05) is 7.05 Å². The van der Waals surface area contributed by atoms with E-state index in [1.165, 1.54) is 19.3 Å². The highest BCUT2D eigenvalue weighted by Gasteiger charge is 2.06. The number of amides is 1. The molecule has 0 heterocycles. The van der Waals surface area contributed by atoms with E-state index in [4.69, 9.17) is 0 Å². The van der Waals surface area contributed by atoms with Crippen molar-refractivity contribution in [1.29, 1.82) is 0 Å². The van der Waals surface area contributed by atoms with E-state index in [1.807, 2.05) is 0 Å². The van der Waals surface area contributed by atoms with E-state index in [0.717, 1.165) is 12.8 Å². The van der Waals surface area contributed by atoms with Gasteiger partial charge in [-0.3, -0.25) is 4.79 Å². The largest absolute Gasteiger partial charge is 0.393 e. The smallest absolute Gasteiger partial charge is 0.219 e. The molecule has 0 saturated carbocycles. The third-order valence-electron chi connectivity index (χ3n) is 2.37. The van der Waals surface area contributed by atoms with Crippen LogP contribution in [0, 0.1) is 0 Å². The van der Waals surface area contributed by atoms with E-state index >= 15 is 0 Å². The molecule has 0 fully saturated rings. The van der Waals surface area contributed by atoms with Gasteiger partial charge in [0, 0.05) is 13.5 Å². The van der Waals surface area contributed by atoms with E-state index in [-0.39, 0.29) is 12.0 Å². The van der Waals surface area contributed by atoms with Crippen molar-refractivity contribution in [3.63, 3.8) is 0 Å². The minimum Gasteiger partial charge on any atom is -0.393 e. The first-order valence-corrected chi connectivity index (χ1v) is 5.59. The molecule has 0 aromatic heterocycles. The summed E-state index contributed by atoms with van der Waals surface area (Å²) in [7, 11) is 1.62. The van der Waals surface area contributed by atoms with E-state index in [9.17, 15) is 9.90 Å². The van der Waals surface area contributed by atoms with Gasteiger partial charge in [0.1, 0.15) is 0 Å². The van der Waals surface area contributed by atoms with Gasteiger partial charge in [-0.1, -0.05) is 32.6 Å². The fourth-order valence-electron chi connectivity index (χ4n) is 1.37. The van der Waals surface area contributed by atoms with Gasteiger partial charge in [-0.15, -0.1) is 0 Å². The lowest BCUT2D eigenvalue weighted by molar-refractivity contribution is -0.121. The SMILES string of the molecule is CCCCCC[C@H](O)CCC(=O)NC. The van der Waals surface area contributed by atoms with E-state index in [1.54, 1.807) is 7.05 Å². The number of unbranched alkanes of at least 4 members (excludes halogenated alkanes) is 3. The standard InChI is InChI=1S/C11H23NO2/c1-3-4-5-6-7-10(13)8-9-11(14)12-2/h10,13H,3-9H2,1-2H3,(H,12,14)/t10-/m0/s1. The minimum absolute atomic E-state index is 0.0117. The third-order valence-corrected chi connectivity index (χ3v) is 2.37. The van der Waals surface area contributed by atoms with Crippen LogP contribution in [-0.4, -0.2) is 24.2 Å². The number of aliphatic hydroxyl groups is 1.